The Labute approximate surface area is 214 Å². The van der Waals surface area contributed by atoms with Gasteiger partial charge in [-0.25, -0.2) is 4.98 Å². The molecule has 3 heterocycles. The molecule has 1 aliphatic heterocycles. The second kappa shape index (κ2) is 9.95. The lowest BCUT2D eigenvalue weighted by atomic mass is 9.94. The number of pyridine rings is 1. The number of nitrogens with zero attached hydrogens (tertiary/aromatic N) is 4. The van der Waals surface area contributed by atoms with Gasteiger partial charge in [-0.2, -0.15) is 0 Å². The third-order valence-electron chi connectivity index (χ3n) is 6.97. The van der Waals surface area contributed by atoms with Crippen molar-refractivity contribution >= 4 is 51.7 Å². The third kappa shape index (κ3) is 4.52. The molecule has 2 fully saturated rings. The van der Waals surface area contributed by atoms with E-state index in [4.69, 9.17) is 17.2 Å². The van der Waals surface area contributed by atoms with Crippen molar-refractivity contribution in [2.75, 3.05) is 11.9 Å². The van der Waals surface area contributed by atoms with E-state index in [9.17, 15) is 9.59 Å². The topological polar surface area (TPSA) is 57.9 Å². The van der Waals surface area contributed by atoms with Crippen molar-refractivity contribution in [2.45, 2.75) is 51.1 Å². The van der Waals surface area contributed by atoms with Crippen LogP contribution in [0.25, 0.3) is 11.7 Å². The van der Waals surface area contributed by atoms with Crippen molar-refractivity contribution < 1.29 is 4.79 Å². The Balaban J connectivity index is 1.58. The summed E-state index contributed by atoms with van der Waals surface area (Å²) >= 11 is 6.85. The highest BCUT2D eigenvalue weighted by Gasteiger charge is 2.36. The Kier molecular flexibility index (Phi) is 6.75. The van der Waals surface area contributed by atoms with E-state index < -0.39 is 0 Å². The minimum atomic E-state index is -0.199. The average molecular weight is 505 g/mol. The van der Waals surface area contributed by atoms with Crippen molar-refractivity contribution in [2.24, 2.45) is 0 Å². The van der Waals surface area contributed by atoms with Crippen LogP contribution >= 0.6 is 24.0 Å². The summed E-state index contributed by atoms with van der Waals surface area (Å²) in [6.45, 7) is 1.97. The fourth-order valence-corrected chi connectivity index (χ4v) is 6.35. The second-order valence-electron chi connectivity index (χ2n) is 9.12. The van der Waals surface area contributed by atoms with Crippen molar-refractivity contribution in [3.8, 4) is 0 Å². The maximum atomic E-state index is 13.6. The van der Waals surface area contributed by atoms with Gasteiger partial charge in [0.1, 0.15) is 15.8 Å². The van der Waals surface area contributed by atoms with Crippen molar-refractivity contribution in [3.05, 3.63) is 81.1 Å². The molecule has 8 heteroatoms. The molecule has 3 aromatic rings. The number of thioether (sulfide) groups is 1. The van der Waals surface area contributed by atoms with Crippen LogP contribution in [0.5, 0.6) is 0 Å². The molecule has 0 unspecified atom stereocenters. The van der Waals surface area contributed by atoms with Crippen LogP contribution in [0.3, 0.4) is 0 Å². The number of aromatic nitrogens is 2. The van der Waals surface area contributed by atoms with Gasteiger partial charge in [-0.05, 0) is 43.5 Å². The first-order valence-electron chi connectivity index (χ1n) is 12.0. The number of hydrogen-bond donors (Lipinski definition) is 0. The minimum Gasteiger partial charge on any atom is -0.356 e. The van der Waals surface area contributed by atoms with Crippen LogP contribution in [0.2, 0.25) is 0 Å². The molecule has 0 spiro atoms. The zero-order valence-corrected chi connectivity index (χ0v) is 21.5. The highest BCUT2D eigenvalue weighted by Crippen LogP contribution is 2.38. The zero-order valence-electron chi connectivity index (χ0n) is 19.9. The van der Waals surface area contributed by atoms with Crippen LogP contribution in [-0.2, 0) is 4.79 Å². The Bertz CT molecular complexity index is 1360. The third-order valence-corrected chi connectivity index (χ3v) is 8.30. The molecule has 2 aliphatic rings. The van der Waals surface area contributed by atoms with Crippen LogP contribution < -0.4 is 10.5 Å². The zero-order chi connectivity index (χ0) is 24.5. The number of benzene rings is 1. The first-order chi connectivity index (χ1) is 17.0. The second-order valence-corrected chi connectivity index (χ2v) is 10.8. The summed E-state index contributed by atoms with van der Waals surface area (Å²) in [6.07, 6.45) is 9.15. The van der Waals surface area contributed by atoms with E-state index in [1.807, 2.05) is 62.5 Å². The van der Waals surface area contributed by atoms with Crippen molar-refractivity contribution in [1.29, 1.82) is 0 Å². The summed E-state index contributed by atoms with van der Waals surface area (Å²) in [5, 5.41) is 0. The summed E-state index contributed by atoms with van der Waals surface area (Å²) in [7, 11) is 2.01. The molecule has 1 aliphatic carbocycles. The lowest BCUT2D eigenvalue weighted by molar-refractivity contribution is -0.123. The fraction of sp³-hybridized carbons (Fsp3) is 0.333. The number of carbonyl (C=O) groups is 1. The number of hydrogen-bond acceptors (Lipinski definition) is 6. The summed E-state index contributed by atoms with van der Waals surface area (Å²) in [6, 6.07) is 15.5. The van der Waals surface area contributed by atoms with Crippen LogP contribution in [0.1, 0.15) is 56.2 Å². The molecular formula is C27H28N4O2S2. The largest absolute Gasteiger partial charge is 0.356 e. The molecule has 6 nitrogen and oxygen atoms in total. The number of thiocarbonyl (C=S) groups is 1. The Morgan fingerprint density at radius 2 is 1.80 bits per heavy atom. The number of carbonyl (C=O) groups excluding carboxylic acids is 1. The quantitative estimate of drug-likeness (QED) is 0.341. The van der Waals surface area contributed by atoms with Crippen LogP contribution in [0.15, 0.2) is 64.4 Å². The Hall–Kier alpha value is -2.97. The van der Waals surface area contributed by atoms with E-state index in [1.54, 1.807) is 17.2 Å². The molecule has 5 rings (SSSR count). The van der Waals surface area contributed by atoms with Gasteiger partial charge in [-0.1, -0.05) is 79.6 Å². The fourth-order valence-electron chi connectivity index (χ4n) is 4.95. The van der Waals surface area contributed by atoms with Crippen molar-refractivity contribution in [3.63, 3.8) is 0 Å². The molecule has 0 radical (unpaired) electrons. The minimum absolute atomic E-state index is 0.180. The predicted octanol–water partition coefficient (Wildman–Crippen LogP) is 5.43. The molecule has 1 amide bonds. The summed E-state index contributed by atoms with van der Waals surface area (Å²) < 4.78 is 2.03. The van der Waals surface area contributed by atoms with Gasteiger partial charge in [0.15, 0.2) is 0 Å². The van der Waals surface area contributed by atoms with Crippen molar-refractivity contribution in [1.82, 2.24) is 14.3 Å². The van der Waals surface area contributed by atoms with E-state index in [2.05, 4.69) is 4.90 Å². The lowest BCUT2D eigenvalue weighted by Gasteiger charge is -2.33. The SMILES string of the molecule is C[C@H](c1ccccc1)N1C(=O)/C(=C\c2c(N(C)C3CCCCC3)nc3ccccn3c2=O)SC1=S. The van der Waals surface area contributed by atoms with Gasteiger partial charge in [0.05, 0.1) is 16.5 Å². The molecule has 1 saturated carbocycles. The first kappa shape index (κ1) is 23.8. The smallest absolute Gasteiger partial charge is 0.267 e. The highest BCUT2D eigenvalue weighted by atomic mass is 32.2. The monoisotopic (exact) mass is 504 g/mol. The molecule has 0 N–H and O–H groups in total. The highest BCUT2D eigenvalue weighted by molar-refractivity contribution is 8.26. The Morgan fingerprint density at radius 1 is 1.09 bits per heavy atom. The number of fused-ring (bicyclic) bond motifs is 1. The normalized spacial score (nSPS) is 19.0. The van der Waals surface area contributed by atoms with Gasteiger partial charge < -0.3 is 4.90 Å². The standard InChI is InChI=1S/C27H28N4O2S2/c1-18(19-11-5-3-6-12-19)31-26(33)22(35-27(31)34)17-21-24(29(2)20-13-7-4-8-14-20)28-23-15-9-10-16-30(23)25(21)32/h3,5-6,9-12,15-18,20H,4,7-8,13-14H2,1-2H3/b22-17+/t18-/m1/s1. The maximum absolute atomic E-state index is 13.6. The summed E-state index contributed by atoms with van der Waals surface area (Å²) in [5.74, 6) is 0.439. The van der Waals surface area contributed by atoms with E-state index in [0.717, 1.165) is 18.4 Å². The van der Waals surface area contributed by atoms with Crippen LogP contribution in [-0.4, -0.2) is 37.6 Å². The molecule has 35 heavy (non-hydrogen) atoms. The van der Waals surface area contributed by atoms with E-state index in [-0.39, 0.29) is 17.5 Å². The van der Waals surface area contributed by atoms with Gasteiger partial charge >= 0.3 is 0 Å². The van der Waals surface area contributed by atoms with E-state index >= 15 is 0 Å². The summed E-state index contributed by atoms with van der Waals surface area (Å²) in [4.78, 5) is 36.2. The number of amides is 1. The molecular weight excluding hydrogens is 476 g/mol. The van der Waals surface area contributed by atoms with Gasteiger partial charge in [-0.3, -0.25) is 18.9 Å². The molecule has 1 aromatic carbocycles. The van der Waals surface area contributed by atoms with Crippen LogP contribution in [0, 0.1) is 0 Å². The molecule has 1 atom stereocenters. The number of rotatable bonds is 5. The van der Waals surface area contributed by atoms with Crippen LogP contribution in [0.4, 0.5) is 5.82 Å². The van der Waals surface area contributed by atoms with E-state index in [1.165, 1.54) is 35.4 Å². The average Bonchev–Trinajstić information content (AvgIpc) is 3.18. The van der Waals surface area contributed by atoms with E-state index in [0.29, 0.717) is 32.3 Å². The summed E-state index contributed by atoms with van der Waals surface area (Å²) in [5.41, 5.74) is 1.84. The first-order valence-corrected chi connectivity index (χ1v) is 13.2. The maximum Gasteiger partial charge on any atom is 0.267 e. The van der Waals surface area contributed by atoms with Gasteiger partial charge in [0, 0.05) is 19.3 Å². The lowest BCUT2D eigenvalue weighted by Crippen LogP contribution is -2.36. The molecule has 180 valence electrons. The molecule has 2 aromatic heterocycles. The predicted molar refractivity (Wildman–Crippen MR) is 147 cm³/mol. The van der Waals surface area contributed by atoms with Gasteiger partial charge in [0.25, 0.3) is 11.5 Å². The molecule has 1 saturated heterocycles. The molecule has 0 bridgehead atoms. The Morgan fingerprint density at radius 3 is 2.54 bits per heavy atom. The number of anilines is 1. The van der Waals surface area contributed by atoms with Gasteiger partial charge in [-0.15, -0.1) is 0 Å². The van der Waals surface area contributed by atoms with Gasteiger partial charge in [0.2, 0.25) is 0 Å².